The fourth-order valence-corrected chi connectivity index (χ4v) is 1.20. The van der Waals surface area contributed by atoms with E-state index >= 15 is 0 Å². The van der Waals surface area contributed by atoms with E-state index in [1.165, 1.54) is 23.3 Å². The van der Waals surface area contributed by atoms with Gasteiger partial charge in [-0.25, -0.2) is 4.79 Å². The third-order valence-corrected chi connectivity index (χ3v) is 1.96. The zero-order chi connectivity index (χ0) is 11.4. The molecule has 5 nitrogen and oxygen atoms in total. The van der Waals surface area contributed by atoms with Gasteiger partial charge in [0.15, 0.2) is 0 Å². The number of carboxylic acids is 1. The van der Waals surface area contributed by atoms with Crippen molar-refractivity contribution in [3.05, 3.63) is 23.9 Å². The van der Waals surface area contributed by atoms with Crippen molar-refractivity contribution in [2.24, 2.45) is 0 Å². The van der Waals surface area contributed by atoms with Crippen LogP contribution in [0.3, 0.4) is 0 Å². The van der Waals surface area contributed by atoms with Gasteiger partial charge in [-0.05, 0) is 20.2 Å². The smallest absolute Gasteiger partial charge is 0.335 e. The van der Waals surface area contributed by atoms with Crippen molar-refractivity contribution in [1.29, 1.82) is 0 Å². The van der Waals surface area contributed by atoms with E-state index in [0.29, 0.717) is 13.1 Å². The summed E-state index contributed by atoms with van der Waals surface area (Å²) in [6.45, 7) is 0.644. The molecule has 0 fully saturated rings. The number of hydrogen-bond donors (Lipinski definition) is 1. The van der Waals surface area contributed by atoms with Crippen LogP contribution in [0.2, 0.25) is 0 Å². The van der Waals surface area contributed by atoms with Crippen LogP contribution in [0.1, 0.15) is 0 Å². The first kappa shape index (κ1) is 11.5. The minimum Gasteiger partial charge on any atom is -0.478 e. The van der Waals surface area contributed by atoms with Crippen LogP contribution in [-0.2, 0) is 9.59 Å². The van der Waals surface area contributed by atoms with Gasteiger partial charge in [-0.2, -0.15) is 0 Å². The van der Waals surface area contributed by atoms with Gasteiger partial charge in [0.1, 0.15) is 0 Å². The molecule has 0 unspecified atom stereocenters. The molecule has 1 N–H and O–H groups in total. The maximum Gasteiger partial charge on any atom is 0.335 e. The Bertz CT molecular complexity index is 332. The van der Waals surface area contributed by atoms with Crippen LogP contribution in [-0.4, -0.2) is 54.0 Å². The van der Waals surface area contributed by atoms with Crippen LogP contribution in [0.5, 0.6) is 0 Å². The highest BCUT2D eigenvalue weighted by molar-refractivity contribution is 5.91. The Kier molecular flexibility index (Phi) is 3.62. The van der Waals surface area contributed by atoms with Gasteiger partial charge in [-0.3, -0.25) is 4.79 Å². The van der Waals surface area contributed by atoms with Gasteiger partial charge in [-0.15, -0.1) is 0 Å². The molecule has 0 aromatic carbocycles. The van der Waals surface area contributed by atoms with Gasteiger partial charge in [0.05, 0.1) is 12.1 Å². The fourth-order valence-electron chi connectivity index (χ4n) is 1.20. The maximum atomic E-state index is 11.5. The molecule has 15 heavy (non-hydrogen) atoms. The Morgan fingerprint density at radius 2 is 2.20 bits per heavy atom. The van der Waals surface area contributed by atoms with Crippen LogP contribution in [0.25, 0.3) is 0 Å². The predicted molar refractivity (Wildman–Crippen MR) is 55.1 cm³/mol. The van der Waals surface area contributed by atoms with E-state index in [1.807, 2.05) is 14.1 Å². The zero-order valence-electron chi connectivity index (χ0n) is 8.80. The summed E-state index contributed by atoms with van der Waals surface area (Å²) in [5, 5.41) is 8.68. The molecule has 1 amide bonds. The first-order valence-electron chi connectivity index (χ1n) is 4.56. The molecule has 0 atom stereocenters. The second-order valence-electron chi connectivity index (χ2n) is 3.56. The highest BCUT2D eigenvalue weighted by Crippen LogP contribution is 2.07. The lowest BCUT2D eigenvalue weighted by molar-refractivity contribution is -0.133. The molecule has 1 aliphatic rings. The molecule has 0 radical (unpaired) electrons. The van der Waals surface area contributed by atoms with E-state index in [2.05, 4.69) is 0 Å². The SMILES string of the molecule is CN(C)CC(=O)N1C=CC(C(=O)O)=CC1. The Morgan fingerprint density at radius 1 is 1.53 bits per heavy atom. The van der Waals surface area contributed by atoms with Crippen molar-refractivity contribution in [3.8, 4) is 0 Å². The number of likely N-dealkylation sites (N-methyl/N-ethyl adjacent to an activating group) is 1. The molecule has 1 aliphatic heterocycles. The van der Waals surface area contributed by atoms with Crippen LogP contribution in [0.4, 0.5) is 0 Å². The summed E-state index contributed by atoms with van der Waals surface area (Å²) in [7, 11) is 3.62. The molecule has 1 heterocycles. The van der Waals surface area contributed by atoms with Crippen molar-refractivity contribution in [1.82, 2.24) is 9.80 Å². The standard InChI is InChI=1S/C10H14N2O3/c1-11(2)7-9(13)12-5-3-8(4-6-12)10(14)15/h3-5H,6-7H2,1-2H3,(H,14,15). The van der Waals surface area contributed by atoms with E-state index in [-0.39, 0.29) is 11.5 Å². The molecular formula is C10H14N2O3. The molecule has 0 aromatic heterocycles. The van der Waals surface area contributed by atoms with Crippen molar-refractivity contribution in [3.63, 3.8) is 0 Å². The monoisotopic (exact) mass is 210 g/mol. The van der Waals surface area contributed by atoms with Gasteiger partial charge in [0, 0.05) is 12.7 Å². The van der Waals surface area contributed by atoms with Crippen molar-refractivity contribution in [2.45, 2.75) is 0 Å². The van der Waals surface area contributed by atoms with Crippen LogP contribution >= 0.6 is 0 Å². The van der Waals surface area contributed by atoms with Gasteiger partial charge < -0.3 is 14.9 Å². The Hall–Kier alpha value is -1.62. The largest absolute Gasteiger partial charge is 0.478 e. The fraction of sp³-hybridized carbons (Fsp3) is 0.400. The van der Waals surface area contributed by atoms with Crippen LogP contribution in [0, 0.1) is 0 Å². The number of carbonyl (C=O) groups excluding carboxylic acids is 1. The molecule has 0 saturated carbocycles. The Labute approximate surface area is 88.3 Å². The quantitative estimate of drug-likeness (QED) is 0.707. The van der Waals surface area contributed by atoms with Gasteiger partial charge in [0.25, 0.3) is 0 Å². The van der Waals surface area contributed by atoms with Crippen LogP contribution < -0.4 is 0 Å². The average Bonchev–Trinajstić information content (AvgIpc) is 2.17. The molecule has 0 aliphatic carbocycles. The van der Waals surface area contributed by atoms with Crippen molar-refractivity contribution < 1.29 is 14.7 Å². The average molecular weight is 210 g/mol. The Balaban J connectivity index is 2.55. The number of rotatable bonds is 3. The van der Waals surface area contributed by atoms with Crippen LogP contribution in [0.15, 0.2) is 23.9 Å². The number of carboxylic acid groups (broad SMARTS) is 1. The topological polar surface area (TPSA) is 60.9 Å². The number of amides is 1. The van der Waals surface area contributed by atoms with Gasteiger partial charge in [-0.1, -0.05) is 6.08 Å². The summed E-state index contributed by atoms with van der Waals surface area (Å²) in [4.78, 5) is 25.4. The molecule has 0 aromatic rings. The summed E-state index contributed by atoms with van der Waals surface area (Å²) in [6.07, 6.45) is 4.46. The van der Waals surface area contributed by atoms with Gasteiger partial charge >= 0.3 is 5.97 Å². The molecule has 0 saturated heterocycles. The highest BCUT2D eigenvalue weighted by atomic mass is 16.4. The van der Waals surface area contributed by atoms with E-state index in [4.69, 9.17) is 5.11 Å². The molecule has 1 rings (SSSR count). The third kappa shape index (κ3) is 3.21. The normalized spacial score (nSPS) is 15.4. The lowest BCUT2D eigenvalue weighted by Gasteiger charge is -2.21. The minimum absolute atomic E-state index is 0.0445. The number of aliphatic carboxylic acids is 1. The molecule has 0 bridgehead atoms. The van der Waals surface area contributed by atoms with Gasteiger partial charge in [0.2, 0.25) is 5.91 Å². The summed E-state index contributed by atoms with van der Waals surface area (Å²) < 4.78 is 0. The first-order chi connectivity index (χ1) is 7.00. The highest BCUT2D eigenvalue weighted by Gasteiger charge is 2.15. The summed E-state index contributed by atoms with van der Waals surface area (Å²) in [5.41, 5.74) is 0.226. The lowest BCUT2D eigenvalue weighted by atomic mass is 10.2. The predicted octanol–water partition coefficient (Wildman–Crippen LogP) is -0.0851. The molecular weight excluding hydrogens is 196 g/mol. The number of carbonyl (C=O) groups is 2. The second-order valence-corrected chi connectivity index (χ2v) is 3.56. The number of nitrogens with zero attached hydrogens (tertiary/aromatic N) is 2. The van der Waals surface area contributed by atoms with Crippen molar-refractivity contribution >= 4 is 11.9 Å². The zero-order valence-corrected chi connectivity index (χ0v) is 8.80. The summed E-state index contributed by atoms with van der Waals surface area (Å²) in [6, 6.07) is 0. The molecule has 5 heteroatoms. The van der Waals surface area contributed by atoms with E-state index < -0.39 is 5.97 Å². The first-order valence-corrected chi connectivity index (χ1v) is 4.56. The van der Waals surface area contributed by atoms with Crippen molar-refractivity contribution in [2.75, 3.05) is 27.2 Å². The third-order valence-electron chi connectivity index (χ3n) is 1.96. The molecule has 0 spiro atoms. The van der Waals surface area contributed by atoms with E-state index in [9.17, 15) is 9.59 Å². The summed E-state index contributed by atoms with van der Waals surface area (Å²) in [5.74, 6) is -1.01. The maximum absolute atomic E-state index is 11.5. The molecule has 82 valence electrons. The summed E-state index contributed by atoms with van der Waals surface area (Å²) >= 11 is 0. The van der Waals surface area contributed by atoms with E-state index in [0.717, 1.165) is 0 Å². The Morgan fingerprint density at radius 3 is 2.60 bits per heavy atom. The minimum atomic E-state index is -0.967. The number of hydrogen-bond acceptors (Lipinski definition) is 3. The second kappa shape index (κ2) is 4.75. The lowest BCUT2D eigenvalue weighted by Crippen LogP contribution is -2.35. The van der Waals surface area contributed by atoms with E-state index in [1.54, 1.807) is 4.90 Å².